The number of aldehydes is 1. The van der Waals surface area contributed by atoms with Crippen molar-refractivity contribution in [2.24, 2.45) is 0 Å². The zero-order valence-electron chi connectivity index (χ0n) is 16.3. The van der Waals surface area contributed by atoms with Crippen LogP contribution in [-0.4, -0.2) is 82.2 Å². The second-order valence-electron chi connectivity index (χ2n) is 6.94. The molecule has 10 heteroatoms. The molecule has 3 rings (SSSR count). The van der Waals surface area contributed by atoms with Crippen LogP contribution in [0.3, 0.4) is 0 Å². The van der Waals surface area contributed by atoms with Gasteiger partial charge in [0.05, 0.1) is 22.7 Å². The number of rotatable bonds is 8. The Morgan fingerprint density at radius 2 is 2.00 bits per heavy atom. The smallest absolute Gasteiger partial charge is 0.271 e. The minimum atomic E-state index is -0.843. The maximum atomic E-state index is 14.2. The monoisotopic (exact) mass is 400 g/mol. The summed E-state index contributed by atoms with van der Waals surface area (Å²) in [6, 6.07) is 1.52. The molecule has 0 spiro atoms. The van der Waals surface area contributed by atoms with Crippen LogP contribution in [0.5, 0.6) is 0 Å². The lowest BCUT2D eigenvalue weighted by atomic mass is 10.1. The number of nitrogens with zero attached hydrogens (tertiary/aromatic N) is 4. The number of amides is 1. The van der Waals surface area contributed by atoms with Crippen molar-refractivity contribution in [3.8, 4) is 11.4 Å². The minimum absolute atomic E-state index is 0.0382. The Labute approximate surface area is 165 Å². The van der Waals surface area contributed by atoms with Gasteiger partial charge in [-0.15, -0.1) is 0 Å². The Kier molecular flexibility index (Phi) is 5.83. The fourth-order valence-corrected chi connectivity index (χ4v) is 3.04. The molecule has 0 aliphatic heterocycles. The molecule has 152 valence electrons. The van der Waals surface area contributed by atoms with E-state index in [2.05, 4.69) is 20.2 Å². The van der Waals surface area contributed by atoms with Gasteiger partial charge in [-0.1, -0.05) is 0 Å². The second kappa shape index (κ2) is 8.31. The van der Waals surface area contributed by atoms with Gasteiger partial charge in [0.25, 0.3) is 5.91 Å². The summed E-state index contributed by atoms with van der Waals surface area (Å²) in [6.07, 6.45) is 3.16. The van der Waals surface area contributed by atoms with Crippen molar-refractivity contribution in [1.82, 2.24) is 30.0 Å². The van der Waals surface area contributed by atoms with E-state index in [0.717, 1.165) is 19.2 Å². The first-order valence-electron chi connectivity index (χ1n) is 8.94. The fraction of sp³-hybridized carbons (Fsp3) is 0.316. The molecular formula is C19H21FN6O3. The number of hydrogen-bond acceptors (Lipinski definition) is 6. The molecule has 1 amide bonds. The number of Topliss-reactive ketones (excluding diaryl/α,β-unsaturated/α-hetero) is 1. The van der Waals surface area contributed by atoms with Crippen LogP contribution < -0.4 is 0 Å². The van der Waals surface area contributed by atoms with Crippen molar-refractivity contribution in [3.63, 3.8) is 0 Å². The predicted octanol–water partition coefficient (Wildman–Crippen LogP) is 1.50. The van der Waals surface area contributed by atoms with Crippen LogP contribution >= 0.6 is 0 Å². The first kappa shape index (κ1) is 20.3. The topological polar surface area (TPSA) is 115 Å². The molecule has 9 nitrogen and oxygen atoms in total. The minimum Gasteiger partial charge on any atom is -0.359 e. The molecular weight excluding hydrogens is 379 g/mol. The Morgan fingerprint density at radius 3 is 2.69 bits per heavy atom. The van der Waals surface area contributed by atoms with E-state index in [9.17, 15) is 18.8 Å². The van der Waals surface area contributed by atoms with Crippen LogP contribution in [0.1, 0.15) is 27.3 Å². The van der Waals surface area contributed by atoms with Gasteiger partial charge in [-0.25, -0.2) is 9.37 Å². The number of carbonyl (C=O) groups excluding carboxylic acids is 3. The first-order chi connectivity index (χ1) is 13.8. The molecule has 0 radical (unpaired) electrons. The van der Waals surface area contributed by atoms with Crippen molar-refractivity contribution in [1.29, 1.82) is 0 Å². The van der Waals surface area contributed by atoms with Crippen molar-refractivity contribution >= 4 is 28.9 Å². The summed E-state index contributed by atoms with van der Waals surface area (Å²) in [7, 11) is 5.64. The van der Waals surface area contributed by atoms with E-state index in [4.69, 9.17) is 0 Å². The number of halogens is 1. The normalized spacial score (nSPS) is 11.2. The summed E-state index contributed by atoms with van der Waals surface area (Å²) >= 11 is 0. The number of carbonyl (C=O) groups is 3. The predicted molar refractivity (Wildman–Crippen MR) is 104 cm³/mol. The molecule has 0 fully saturated rings. The summed E-state index contributed by atoms with van der Waals surface area (Å²) < 4.78 is 14.2. The average Bonchev–Trinajstić information content (AvgIpc) is 3.35. The summed E-state index contributed by atoms with van der Waals surface area (Å²) in [5, 5.41) is 6.76. The maximum absolute atomic E-state index is 14.2. The number of H-pyrrole nitrogens is 2. The van der Waals surface area contributed by atoms with E-state index in [1.807, 2.05) is 19.0 Å². The highest BCUT2D eigenvalue weighted by atomic mass is 19.1. The van der Waals surface area contributed by atoms with Gasteiger partial charge in [-0.05, 0) is 33.1 Å². The SMILES string of the molecule is CN(C)CCCN(C)C(=O)c1cc(-c2ncc(F)c3c(C(=O)C=O)c[nH]c23)n[nH]1. The first-order valence-corrected chi connectivity index (χ1v) is 8.94. The van der Waals surface area contributed by atoms with Crippen molar-refractivity contribution < 1.29 is 18.8 Å². The molecule has 0 atom stereocenters. The van der Waals surface area contributed by atoms with Gasteiger partial charge in [0.1, 0.15) is 17.1 Å². The molecule has 29 heavy (non-hydrogen) atoms. The van der Waals surface area contributed by atoms with Crippen LogP contribution in [-0.2, 0) is 4.79 Å². The molecule has 0 unspecified atom stereocenters. The highest BCUT2D eigenvalue weighted by Crippen LogP contribution is 2.29. The van der Waals surface area contributed by atoms with Gasteiger partial charge in [0.15, 0.2) is 12.1 Å². The molecule has 0 saturated carbocycles. The van der Waals surface area contributed by atoms with Crippen LogP contribution in [0.2, 0.25) is 0 Å². The lowest BCUT2D eigenvalue weighted by Crippen LogP contribution is -2.30. The lowest BCUT2D eigenvalue weighted by molar-refractivity contribution is -0.104. The molecule has 0 aliphatic carbocycles. The van der Waals surface area contributed by atoms with Crippen LogP contribution in [0, 0.1) is 5.82 Å². The van der Waals surface area contributed by atoms with Gasteiger partial charge in [-0.2, -0.15) is 5.10 Å². The van der Waals surface area contributed by atoms with Gasteiger partial charge in [0.2, 0.25) is 5.78 Å². The third kappa shape index (κ3) is 4.06. The Morgan fingerprint density at radius 1 is 1.24 bits per heavy atom. The number of ketones is 1. The van der Waals surface area contributed by atoms with Crippen molar-refractivity contribution in [2.45, 2.75) is 6.42 Å². The van der Waals surface area contributed by atoms with Gasteiger partial charge in [-0.3, -0.25) is 19.5 Å². The van der Waals surface area contributed by atoms with Crippen LogP contribution in [0.25, 0.3) is 22.3 Å². The third-order valence-corrected chi connectivity index (χ3v) is 4.53. The Bertz CT molecular complexity index is 1070. The molecule has 2 N–H and O–H groups in total. The van der Waals surface area contributed by atoms with E-state index >= 15 is 0 Å². The van der Waals surface area contributed by atoms with Crippen LogP contribution in [0.4, 0.5) is 4.39 Å². The molecule has 0 bridgehead atoms. The maximum Gasteiger partial charge on any atom is 0.271 e. The molecule has 3 heterocycles. The molecule has 0 aromatic carbocycles. The number of fused-ring (bicyclic) bond motifs is 1. The molecule has 3 aromatic heterocycles. The highest BCUT2D eigenvalue weighted by Gasteiger charge is 2.21. The highest BCUT2D eigenvalue weighted by molar-refractivity contribution is 6.36. The van der Waals surface area contributed by atoms with E-state index in [1.54, 1.807) is 11.9 Å². The third-order valence-electron chi connectivity index (χ3n) is 4.53. The van der Waals surface area contributed by atoms with Crippen molar-refractivity contribution in [2.75, 3.05) is 34.2 Å². The zero-order chi connectivity index (χ0) is 21.1. The van der Waals surface area contributed by atoms with Gasteiger partial charge < -0.3 is 14.8 Å². The zero-order valence-corrected chi connectivity index (χ0v) is 16.3. The number of nitrogens with one attached hydrogen (secondary N) is 2. The number of pyridine rings is 1. The molecule has 0 aliphatic rings. The summed E-state index contributed by atoms with van der Waals surface area (Å²) in [4.78, 5) is 45.6. The average molecular weight is 400 g/mol. The largest absolute Gasteiger partial charge is 0.359 e. The van der Waals surface area contributed by atoms with E-state index in [0.29, 0.717) is 12.2 Å². The summed E-state index contributed by atoms with van der Waals surface area (Å²) in [6.45, 7) is 1.44. The Balaban J connectivity index is 1.89. The molecule has 0 saturated heterocycles. The van der Waals surface area contributed by atoms with E-state index in [1.165, 1.54) is 12.3 Å². The van der Waals surface area contributed by atoms with E-state index in [-0.39, 0.29) is 40.0 Å². The summed E-state index contributed by atoms with van der Waals surface area (Å²) in [5.74, 6) is -1.81. The Hall–Kier alpha value is -3.40. The summed E-state index contributed by atoms with van der Waals surface area (Å²) in [5.41, 5.74) is 0.981. The number of aromatic nitrogens is 4. The van der Waals surface area contributed by atoms with Crippen LogP contribution in [0.15, 0.2) is 18.5 Å². The number of aromatic amines is 2. The standard InChI is InChI=1S/C19H21FN6O3/c1-25(2)5-4-6-26(3)19(29)14-7-13(23-24-14)17-18-16(12(20)9-22-17)11(8-21-18)15(28)10-27/h7-10,21H,4-6H2,1-3H3,(H,23,24). The van der Waals surface area contributed by atoms with Gasteiger partial charge in [0, 0.05) is 19.8 Å². The van der Waals surface area contributed by atoms with Crippen molar-refractivity contribution in [3.05, 3.63) is 35.5 Å². The second-order valence-corrected chi connectivity index (χ2v) is 6.94. The fourth-order valence-electron chi connectivity index (χ4n) is 3.04. The van der Waals surface area contributed by atoms with Gasteiger partial charge >= 0.3 is 0 Å². The quantitative estimate of drug-likeness (QED) is 0.336. The number of hydrogen-bond donors (Lipinski definition) is 2. The lowest BCUT2D eigenvalue weighted by Gasteiger charge is -2.17. The van der Waals surface area contributed by atoms with E-state index < -0.39 is 11.6 Å². The molecule has 3 aromatic rings.